The van der Waals surface area contributed by atoms with E-state index in [4.69, 9.17) is 30.5 Å². The van der Waals surface area contributed by atoms with Gasteiger partial charge in [0.15, 0.2) is 23.1 Å². The highest BCUT2D eigenvalue weighted by molar-refractivity contribution is 7.89. The molecular formula is C36H42ClFN4O6S. The van der Waals surface area contributed by atoms with Crippen LogP contribution in [0.1, 0.15) is 38.2 Å². The zero-order valence-electron chi connectivity index (χ0n) is 28.0. The molecule has 10 nitrogen and oxygen atoms in total. The second-order valence-electron chi connectivity index (χ2n) is 12.1. The van der Waals surface area contributed by atoms with E-state index in [9.17, 15) is 8.42 Å². The molecule has 0 spiro atoms. The third-order valence-corrected chi connectivity index (χ3v) is 9.68. The van der Waals surface area contributed by atoms with Crippen LogP contribution in [-0.2, 0) is 20.5 Å². The molecule has 0 radical (unpaired) electrons. The van der Waals surface area contributed by atoms with Gasteiger partial charge in [-0.1, -0.05) is 30.7 Å². The lowest BCUT2D eigenvalue weighted by Crippen LogP contribution is -2.34. The molecule has 0 aliphatic carbocycles. The molecule has 13 heteroatoms. The third-order valence-electron chi connectivity index (χ3n) is 8.23. The number of amidine groups is 1. The summed E-state index contributed by atoms with van der Waals surface area (Å²) in [5.41, 5.74) is 1.44. The number of likely N-dealkylation sites (tertiary alicyclic amines) is 1. The minimum absolute atomic E-state index is 0.0322. The molecule has 0 unspecified atom stereocenters. The number of aromatic nitrogens is 1. The number of benzene rings is 3. The molecule has 49 heavy (non-hydrogen) atoms. The zero-order valence-corrected chi connectivity index (χ0v) is 29.5. The number of hydrogen-bond donors (Lipinski definition) is 1. The fourth-order valence-corrected chi connectivity index (χ4v) is 6.79. The van der Waals surface area contributed by atoms with Gasteiger partial charge in [-0.25, -0.2) is 12.8 Å². The van der Waals surface area contributed by atoms with Gasteiger partial charge in [-0.2, -0.15) is 0 Å². The number of hydrogen-bond acceptors (Lipinski definition) is 8. The van der Waals surface area contributed by atoms with Gasteiger partial charge in [0.05, 0.1) is 31.6 Å². The minimum Gasteiger partial charge on any atom is -0.493 e. The van der Waals surface area contributed by atoms with Crippen LogP contribution < -0.4 is 19.5 Å². The lowest BCUT2D eigenvalue weighted by atomic mass is 9.99. The summed E-state index contributed by atoms with van der Waals surface area (Å²) < 4.78 is 68.0. The van der Waals surface area contributed by atoms with Crippen molar-refractivity contribution in [2.75, 3.05) is 52.4 Å². The first-order chi connectivity index (χ1) is 23.6. The summed E-state index contributed by atoms with van der Waals surface area (Å²) in [6, 6.07) is 15.9. The monoisotopic (exact) mass is 712 g/mol. The van der Waals surface area contributed by atoms with Gasteiger partial charge in [0.2, 0.25) is 0 Å². The van der Waals surface area contributed by atoms with Crippen LogP contribution in [0, 0.1) is 11.7 Å². The van der Waals surface area contributed by atoms with E-state index in [1.165, 1.54) is 32.1 Å². The maximum absolute atomic E-state index is 15.4. The molecule has 0 bridgehead atoms. The van der Waals surface area contributed by atoms with Crippen molar-refractivity contribution >= 4 is 44.1 Å². The average molecular weight is 713 g/mol. The number of ether oxygens (including phenoxy) is 4. The van der Waals surface area contributed by atoms with Gasteiger partial charge in [0.1, 0.15) is 11.6 Å². The first-order valence-corrected chi connectivity index (χ1v) is 18.2. The Morgan fingerprint density at radius 3 is 2.49 bits per heavy atom. The van der Waals surface area contributed by atoms with Crippen molar-refractivity contribution < 1.29 is 31.8 Å². The number of methoxy groups -OCH3 is 2. The molecule has 1 aromatic heterocycles. The maximum atomic E-state index is 15.4. The summed E-state index contributed by atoms with van der Waals surface area (Å²) >= 11 is 5.91. The highest BCUT2D eigenvalue weighted by Gasteiger charge is 2.18. The summed E-state index contributed by atoms with van der Waals surface area (Å²) in [7, 11) is -0.855. The van der Waals surface area contributed by atoms with Crippen LogP contribution in [0.15, 0.2) is 71.3 Å². The summed E-state index contributed by atoms with van der Waals surface area (Å²) in [4.78, 5) is 6.96. The largest absolute Gasteiger partial charge is 0.493 e. The zero-order chi connectivity index (χ0) is 34.8. The first-order valence-electron chi connectivity index (χ1n) is 16.2. The molecule has 4 aromatic rings. The molecule has 1 fully saturated rings. The van der Waals surface area contributed by atoms with Crippen LogP contribution in [0.3, 0.4) is 0 Å². The van der Waals surface area contributed by atoms with Gasteiger partial charge in [0, 0.05) is 54.5 Å². The number of rotatable bonds is 15. The standard InChI is InChI=1S/C36H42ClFN4O6S/c1-25-12-17-42(18-13-25)16-4-19-47-35-23-31-29(22-34(35)46-3)32(11-15-39-31)48-33-10-9-28(21-30(33)38)40-36(14-20-45-2)41-49(43,44)24-26-5-7-27(37)8-6-26/h5-11,15,21-23,25H,4,12-14,16-20,24H2,1-3H3,(H,40,41). The number of piperidine rings is 1. The second kappa shape index (κ2) is 17.1. The topological polar surface area (TPSA) is 112 Å². The minimum atomic E-state index is -3.92. The molecule has 262 valence electrons. The van der Waals surface area contributed by atoms with E-state index >= 15 is 4.39 Å². The molecule has 1 N–H and O–H groups in total. The molecule has 5 rings (SSSR count). The van der Waals surface area contributed by atoms with E-state index in [1.54, 1.807) is 61.8 Å². The summed E-state index contributed by atoms with van der Waals surface area (Å²) in [6.45, 7) is 6.31. The Hall–Kier alpha value is -3.97. The van der Waals surface area contributed by atoms with Gasteiger partial charge in [-0.05, 0) is 80.2 Å². The van der Waals surface area contributed by atoms with Crippen LogP contribution in [0.4, 0.5) is 10.1 Å². The first kappa shape index (κ1) is 36.3. The van der Waals surface area contributed by atoms with E-state index in [-0.39, 0.29) is 30.4 Å². The van der Waals surface area contributed by atoms with Crippen molar-refractivity contribution in [3.63, 3.8) is 0 Å². The number of halogens is 2. The van der Waals surface area contributed by atoms with E-state index < -0.39 is 15.8 Å². The smallest absolute Gasteiger partial charge is 0.258 e. The molecule has 1 aliphatic rings. The van der Waals surface area contributed by atoms with E-state index in [0.717, 1.165) is 32.0 Å². The summed E-state index contributed by atoms with van der Waals surface area (Å²) in [6.07, 6.45) is 5.12. The van der Waals surface area contributed by atoms with Gasteiger partial charge in [-0.3, -0.25) is 4.98 Å². The van der Waals surface area contributed by atoms with Crippen LogP contribution in [0.2, 0.25) is 5.02 Å². The quantitative estimate of drug-likeness (QED) is 0.0753. The molecule has 0 amide bonds. The Labute approximate surface area is 292 Å². The Kier molecular flexibility index (Phi) is 12.7. The number of sulfonamides is 1. The Balaban J connectivity index is 1.27. The summed E-state index contributed by atoms with van der Waals surface area (Å²) in [5, 5.41) is 4.04. The Bertz CT molecular complexity index is 1850. The molecule has 0 saturated carbocycles. The highest BCUT2D eigenvalue weighted by Crippen LogP contribution is 2.38. The SMILES string of the molecule is COCC/C(=N\S(=O)(=O)Cc1ccc(Cl)cc1)Nc1ccc(Oc2ccnc3cc(OCCCN4CCC(C)CC4)c(OC)cc23)c(F)c1. The number of anilines is 1. The van der Waals surface area contributed by atoms with Crippen LogP contribution in [0.25, 0.3) is 10.9 Å². The summed E-state index contributed by atoms with van der Waals surface area (Å²) in [5.74, 6) is 1.36. The fraction of sp³-hybridized carbons (Fsp3) is 0.389. The van der Waals surface area contributed by atoms with Crippen molar-refractivity contribution in [2.45, 2.75) is 38.4 Å². The van der Waals surface area contributed by atoms with Crippen molar-refractivity contribution in [3.05, 3.63) is 83.3 Å². The fourth-order valence-electron chi connectivity index (χ4n) is 5.51. The number of pyridine rings is 1. The Morgan fingerprint density at radius 1 is 1.00 bits per heavy atom. The van der Waals surface area contributed by atoms with Crippen LogP contribution >= 0.6 is 11.6 Å². The molecular weight excluding hydrogens is 671 g/mol. The van der Waals surface area contributed by atoms with E-state index in [2.05, 4.69) is 26.5 Å². The van der Waals surface area contributed by atoms with Crippen molar-refractivity contribution in [3.8, 4) is 23.0 Å². The van der Waals surface area contributed by atoms with Crippen LogP contribution in [-0.4, -0.2) is 71.2 Å². The molecule has 1 aliphatic heterocycles. The second-order valence-corrected chi connectivity index (χ2v) is 14.1. The van der Waals surface area contributed by atoms with Gasteiger partial charge in [-0.15, -0.1) is 4.40 Å². The normalized spacial score (nSPS) is 14.6. The highest BCUT2D eigenvalue weighted by atomic mass is 35.5. The lowest BCUT2D eigenvalue weighted by molar-refractivity contribution is 0.176. The lowest BCUT2D eigenvalue weighted by Gasteiger charge is -2.30. The average Bonchev–Trinajstić information content (AvgIpc) is 3.08. The Morgan fingerprint density at radius 2 is 1.78 bits per heavy atom. The third kappa shape index (κ3) is 10.5. The number of nitrogens with zero attached hydrogens (tertiary/aromatic N) is 3. The predicted molar refractivity (Wildman–Crippen MR) is 191 cm³/mol. The number of nitrogens with one attached hydrogen (secondary N) is 1. The molecule has 0 atom stereocenters. The number of fused-ring (bicyclic) bond motifs is 1. The molecule has 2 heterocycles. The molecule has 1 saturated heterocycles. The van der Waals surface area contributed by atoms with Crippen molar-refractivity contribution in [2.24, 2.45) is 10.3 Å². The van der Waals surface area contributed by atoms with E-state index in [1.807, 2.05) is 0 Å². The van der Waals surface area contributed by atoms with Gasteiger partial charge in [0.25, 0.3) is 10.0 Å². The van der Waals surface area contributed by atoms with Crippen molar-refractivity contribution in [1.82, 2.24) is 9.88 Å². The maximum Gasteiger partial charge on any atom is 0.258 e. The van der Waals surface area contributed by atoms with Crippen molar-refractivity contribution in [1.29, 1.82) is 0 Å². The molecule has 3 aromatic carbocycles. The predicted octanol–water partition coefficient (Wildman–Crippen LogP) is 7.71. The van der Waals surface area contributed by atoms with Gasteiger partial charge < -0.3 is 29.2 Å². The van der Waals surface area contributed by atoms with E-state index in [0.29, 0.717) is 51.0 Å². The van der Waals surface area contributed by atoms with Gasteiger partial charge >= 0.3 is 0 Å². The van der Waals surface area contributed by atoms with Crippen LogP contribution in [0.5, 0.6) is 23.0 Å².